The number of nitrogens with zero attached hydrogens (tertiary/aromatic N) is 5. The van der Waals surface area contributed by atoms with Crippen LogP contribution >= 0.6 is 11.6 Å². The van der Waals surface area contributed by atoms with Crippen molar-refractivity contribution in [2.24, 2.45) is 0 Å². The molecule has 37 heavy (non-hydrogen) atoms. The van der Waals surface area contributed by atoms with Gasteiger partial charge in [0.25, 0.3) is 5.60 Å². The van der Waals surface area contributed by atoms with E-state index >= 15 is 0 Å². The molecule has 0 amide bonds. The molecular weight excluding hydrogens is 512 g/mol. The topological polar surface area (TPSA) is 216 Å². The van der Waals surface area contributed by atoms with Crippen molar-refractivity contribution in [3.8, 4) is 0 Å². The van der Waals surface area contributed by atoms with Gasteiger partial charge in [-0.25, -0.2) is 14.6 Å². The van der Waals surface area contributed by atoms with Crippen molar-refractivity contribution >= 4 is 40.5 Å². The molecule has 4 heterocycles. The fourth-order valence-electron chi connectivity index (χ4n) is 4.19. The number of hydrogen-bond donors (Lipinski definition) is 5. The first kappa shape index (κ1) is 26.4. The number of nitrogens with two attached hydrogens (primary N) is 1. The lowest BCUT2D eigenvalue weighted by molar-refractivity contribution is -0.191. The second-order valence-corrected chi connectivity index (χ2v) is 8.89. The normalized spacial score (nSPS) is 23.8. The third kappa shape index (κ3) is 4.38. The number of pyridine rings is 1. The molecule has 3 aromatic heterocycles. The van der Waals surface area contributed by atoms with Crippen LogP contribution in [0.5, 0.6) is 0 Å². The first-order valence-electron chi connectivity index (χ1n) is 10.8. The average molecular weight is 535 g/mol. The van der Waals surface area contributed by atoms with Crippen LogP contribution in [0.25, 0.3) is 11.2 Å². The zero-order valence-electron chi connectivity index (χ0n) is 19.4. The smallest absolute Gasteiger partial charge is 0.348 e. The maximum Gasteiger partial charge on any atom is 0.348 e. The SMILES string of the molecule is C=C(C)[C@@]1(O)[C@@H](COC(Cc2ccncc2)(C(=O)O)C(=O)O)O[C@@H](n2cnc3c(N)nc(Cl)nc32)[C@@H]1O. The molecule has 0 radical (unpaired) electrons. The van der Waals surface area contributed by atoms with E-state index in [9.17, 15) is 30.0 Å². The molecule has 0 unspecified atom stereocenters. The molecule has 4 rings (SSSR count). The van der Waals surface area contributed by atoms with Crippen molar-refractivity contribution in [1.82, 2.24) is 24.5 Å². The van der Waals surface area contributed by atoms with Gasteiger partial charge in [0.15, 0.2) is 17.7 Å². The number of carboxylic acid groups (broad SMARTS) is 2. The lowest BCUT2D eigenvalue weighted by Gasteiger charge is -2.33. The van der Waals surface area contributed by atoms with Crippen molar-refractivity contribution in [1.29, 1.82) is 0 Å². The second-order valence-electron chi connectivity index (χ2n) is 8.55. The van der Waals surface area contributed by atoms with E-state index in [1.165, 1.54) is 42.3 Å². The number of halogens is 1. The van der Waals surface area contributed by atoms with Gasteiger partial charge >= 0.3 is 11.9 Å². The Bertz CT molecular complexity index is 1350. The number of aliphatic carboxylic acids is 2. The van der Waals surface area contributed by atoms with Gasteiger partial charge in [0.05, 0.1) is 12.9 Å². The highest BCUT2D eigenvalue weighted by atomic mass is 35.5. The molecule has 0 saturated carbocycles. The lowest BCUT2D eigenvalue weighted by Crippen LogP contribution is -2.55. The number of hydrogen-bond acceptors (Lipinski definition) is 11. The van der Waals surface area contributed by atoms with E-state index in [0.717, 1.165) is 0 Å². The summed E-state index contributed by atoms with van der Waals surface area (Å²) < 4.78 is 12.6. The van der Waals surface area contributed by atoms with Gasteiger partial charge in [0.2, 0.25) is 5.28 Å². The number of ether oxygens (including phenoxy) is 2. The Balaban J connectivity index is 1.69. The van der Waals surface area contributed by atoms with E-state index < -0.39 is 54.6 Å². The van der Waals surface area contributed by atoms with Crippen LogP contribution in [0.1, 0.15) is 18.7 Å². The van der Waals surface area contributed by atoms with E-state index in [-0.39, 0.29) is 27.8 Å². The minimum atomic E-state index is -2.74. The van der Waals surface area contributed by atoms with Crippen molar-refractivity contribution in [2.45, 2.75) is 43.0 Å². The molecule has 196 valence electrons. The zero-order chi connectivity index (χ0) is 27.1. The predicted octanol–water partition coefficient (Wildman–Crippen LogP) is 0.190. The minimum absolute atomic E-state index is 0.0277. The van der Waals surface area contributed by atoms with Gasteiger partial charge in [-0.1, -0.05) is 6.58 Å². The Morgan fingerprint density at radius 2 is 1.95 bits per heavy atom. The monoisotopic (exact) mass is 534 g/mol. The highest BCUT2D eigenvalue weighted by Crippen LogP contribution is 2.43. The summed E-state index contributed by atoms with van der Waals surface area (Å²) in [7, 11) is 0. The van der Waals surface area contributed by atoms with Crippen LogP contribution in [-0.2, 0) is 25.5 Å². The van der Waals surface area contributed by atoms with E-state index in [4.69, 9.17) is 26.8 Å². The Morgan fingerprint density at radius 3 is 2.54 bits per heavy atom. The Hall–Kier alpha value is -3.69. The number of aliphatic hydroxyl groups is 2. The number of nitrogen functional groups attached to an aromatic ring is 1. The molecule has 1 fully saturated rings. The van der Waals surface area contributed by atoms with Crippen LogP contribution in [0.4, 0.5) is 5.82 Å². The molecule has 3 aromatic rings. The summed E-state index contributed by atoms with van der Waals surface area (Å²) >= 11 is 5.91. The summed E-state index contributed by atoms with van der Waals surface area (Å²) in [4.78, 5) is 40.1. The van der Waals surface area contributed by atoms with Gasteiger partial charge < -0.3 is 35.6 Å². The van der Waals surface area contributed by atoms with Gasteiger partial charge in [-0.05, 0) is 41.8 Å². The molecule has 0 spiro atoms. The number of imidazole rings is 1. The summed E-state index contributed by atoms with van der Waals surface area (Å²) in [6.45, 7) is 4.40. The van der Waals surface area contributed by atoms with Crippen molar-refractivity contribution in [3.05, 3.63) is 53.9 Å². The average Bonchev–Trinajstić information content (AvgIpc) is 3.36. The first-order chi connectivity index (χ1) is 17.4. The summed E-state index contributed by atoms with van der Waals surface area (Å²) in [5.41, 5.74) is 1.56. The van der Waals surface area contributed by atoms with Crippen LogP contribution in [0.15, 0.2) is 43.0 Å². The molecule has 14 nitrogen and oxygen atoms in total. The third-order valence-corrected chi connectivity index (χ3v) is 6.44. The number of anilines is 1. The van der Waals surface area contributed by atoms with Gasteiger partial charge in [-0.2, -0.15) is 9.97 Å². The van der Waals surface area contributed by atoms with Gasteiger partial charge in [0.1, 0.15) is 23.3 Å². The fraction of sp³-hybridized carbons (Fsp3) is 0.364. The van der Waals surface area contributed by atoms with Crippen LogP contribution in [0.3, 0.4) is 0 Å². The number of aromatic nitrogens is 5. The highest BCUT2D eigenvalue weighted by Gasteiger charge is 2.58. The maximum absolute atomic E-state index is 12.2. The van der Waals surface area contributed by atoms with E-state index in [1.807, 2.05) is 0 Å². The third-order valence-electron chi connectivity index (χ3n) is 6.27. The molecule has 0 aliphatic carbocycles. The Kier molecular flexibility index (Phi) is 6.87. The predicted molar refractivity (Wildman–Crippen MR) is 126 cm³/mol. The second kappa shape index (κ2) is 9.64. The summed E-state index contributed by atoms with van der Waals surface area (Å²) in [6, 6.07) is 2.89. The van der Waals surface area contributed by atoms with Gasteiger partial charge in [0, 0.05) is 18.8 Å². The number of carboxylic acids is 2. The standard InChI is InChI=1S/C22H23ClN6O8/c1-10(2)22(35)12(8-36-21(18(31)32,19(33)34)7-11-3-5-25-6-4-11)37-17(14(22)30)29-9-26-13-15(24)27-20(23)28-16(13)29/h3-6,9,12,14,17,30,35H,1,7-8H2,2H3,(H,31,32)(H,33,34)(H2,24,27,28)/t12-,14+,17-,22-/m1/s1. The number of fused-ring (bicyclic) bond motifs is 1. The van der Waals surface area contributed by atoms with Crippen LogP contribution in [0, 0.1) is 0 Å². The zero-order valence-corrected chi connectivity index (χ0v) is 20.1. The van der Waals surface area contributed by atoms with Crippen LogP contribution in [-0.4, -0.2) is 86.9 Å². The Labute approximate surface area is 214 Å². The molecule has 0 bridgehead atoms. The lowest BCUT2D eigenvalue weighted by atomic mass is 9.85. The molecular formula is C22H23ClN6O8. The minimum Gasteiger partial charge on any atom is -0.479 e. The molecule has 15 heteroatoms. The number of rotatable bonds is 9. The van der Waals surface area contributed by atoms with Crippen molar-refractivity contribution in [2.75, 3.05) is 12.3 Å². The van der Waals surface area contributed by atoms with Crippen molar-refractivity contribution in [3.63, 3.8) is 0 Å². The highest BCUT2D eigenvalue weighted by molar-refractivity contribution is 6.28. The number of aliphatic hydroxyl groups excluding tert-OH is 1. The van der Waals surface area contributed by atoms with Crippen molar-refractivity contribution < 1.29 is 39.5 Å². The molecule has 1 aliphatic rings. The van der Waals surface area contributed by atoms with E-state index in [0.29, 0.717) is 5.56 Å². The summed E-state index contributed by atoms with van der Waals surface area (Å²) in [6.07, 6.45) is -1.03. The Morgan fingerprint density at radius 1 is 1.30 bits per heavy atom. The maximum atomic E-state index is 12.2. The molecule has 1 aliphatic heterocycles. The van der Waals surface area contributed by atoms with Crippen LogP contribution < -0.4 is 5.73 Å². The largest absolute Gasteiger partial charge is 0.479 e. The first-order valence-corrected chi connectivity index (χ1v) is 11.2. The summed E-state index contributed by atoms with van der Waals surface area (Å²) in [5.74, 6) is -3.57. The molecule has 0 aromatic carbocycles. The molecule has 6 N–H and O–H groups in total. The number of carbonyl (C=O) groups is 2. The van der Waals surface area contributed by atoms with E-state index in [2.05, 4.69) is 26.5 Å². The summed E-state index contributed by atoms with van der Waals surface area (Å²) in [5, 5.41) is 42.1. The quantitative estimate of drug-likeness (QED) is 0.141. The molecule has 4 atom stereocenters. The fourth-order valence-corrected chi connectivity index (χ4v) is 4.36. The van der Waals surface area contributed by atoms with E-state index in [1.54, 1.807) is 0 Å². The van der Waals surface area contributed by atoms with Crippen LogP contribution in [0.2, 0.25) is 5.28 Å². The molecule has 1 saturated heterocycles. The van der Waals surface area contributed by atoms with Gasteiger partial charge in [-0.15, -0.1) is 0 Å². The van der Waals surface area contributed by atoms with Gasteiger partial charge in [-0.3, -0.25) is 9.55 Å².